The number of ether oxygens (including phenoxy) is 1. The fourth-order valence-corrected chi connectivity index (χ4v) is 6.29. The summed E-state index contributed by atoms with van der Waals surface area (Å²) in [5.41, 5.74) is 2.87. The zero-order valence-corrected chi connectivity index (χ0v) is 20.1. The van der Waals surface area contributed by atoms with Crippen molar-refractivity contribution in [3.8, 4) is 5.75 Å². The Bertz CT molecular complexity index is 1350. The maximum Gasteiger partial charge on any atom is 0.209 e. The number of rotatable bonds is 7. The third-order valence-electron chi connectivity index (χ3n) is 4.97. The Labute approximate surface area is 197 Å². The Balaban J connectivity index is 1.80. The van der Waals surface area contributed by atoms with Crippen molar-refractivity contribution in [1.29, 1.82) is 0 Å². The molecule has 0 saturated carbocycles. The molecule has 0 radical (unpaired) electrons. The van der Waals surface area contributed by atoms with Gasteiger partial charge in [-0.2, -0.15) is 0 Å². The number of aromatic nitrogens is 1. The third-order valence-corrected chi connectivity index (χ3v) is 8.34. The van der Waals surface area contributed by atoms with Gasteiger partial charge in [0, 0.05) is 27.3 Å². The molecule has 7 heteroatoms. The molecule has 1 aromatic heterocycles. The van der Waals surface area contributed by atoms with Crippen LogP contribution in [0.15, 0.2) is 87.6 Å². The van der Waals surface area contributed by atoms with E-state index in [1.165, 1.54) is 18.0 Å². The van der Waals surface area contributed by atoms with E-state index < -0.39 is 9.84 Å². The number of hydrogen-bond donors (Lipinski definition) is 0. The molecular formula is C25H22ClNO3S2. The largest absolute Gasteiger partial charge is 0.494 e. The SMILES string of the molecule is CCOc1ccc(S(=O)(=O)c2cnc3ccc(C)cc3c2SCc2ccc(Cl)cc2)cc1. The molecule has 0 saturated heterocycles. The Hall–Kier alpha value is -2.54. The lowest BCUT2D eigenvalue weighted by Crippen LogP contribution is -2.05. The Morgan fingerprint density at radius 1 is 1.00 bits per heavy atom. The molecule has 0 atom stereocenters. The van der Waals surface area contributed by atoms with Crippen LogP contribution in [0.25, 0.3) is 10.9 Å². The normalized spacial score (nSPS) is 11.6. The van der Waals surface area contributed by atoms with Gasteiger partial charge in [-0.1, -0.05) is 35.4 Å². The van der Waals surface area contributed by atoms with Crippen LogP contribution in [0.4, 0.5) is 0 Å². The lowest BCUT2D eigenvalue weighted by atomic mass is 10.1. The van der Waals surface area contributed by atoms with Crippen LogP contribution in [0.3, 0.4) is 0 Å². The van der Waals surface area contributed by atoms with Gasteiger partial charge in [-0.15, -0.1) is 11.8 Å². The molecule has 0 aliphatic heterocycles. The first-order valence-corrected chi connectivity index (χ1v) is 13.0. The van der Waals surface area contributed by atoms with Gasteiger partial charge < -0.3 is 4.74 Å². The standard InChI is InChI=1S/C25H22ClNO3S2/c1-3-30-20-9-11-21(12-10-20)32(28,29)24-15-27-23-13-4-17(2)14-22(23)25(24)31-16-18-5-7-19(26)8-6-18/h4-15H,3,16H2,1-2H3. The lowest BCUT2D eigenvalue weighted by Gasteiger charge is -2.14. The van der Waals surface area contributed by atoms with E-state index in [0.717, 1.165) is 22.0 Å². The zero-order valence-electron chi connectivity index (χ0n) is 17.7. The highest BCUT2D eigenvalue weighted by atomic mass is 35.5. The predicted octanol–water partition coefficient (Wildman–Crippen LogP) is 6.72. The Morgan fingerprint density at radius 3 is 2.41 bits per heavy atom. The molecule has 32 heavy (non-hydrogen) atoms. The Morgan fingerprint density at radius 2 is 1.72 bits per heavy atom. The van der Waals surface area contributed by atoms with Crippen molar-refractivity contribution in [1.82, 2.24) is 4.98 Å². The molecule has 0 N–H and O–H groups in total. The van der Waals surface area contributed by atoms with Crippen molar-refractivity contribution in [2.45, 2.75) is 34.3 Å². The number of aryl methyl sites for hydroxylation is 1. The molecule has 4 rings (SSSR count). The summed E-state index contributed by atoms with van der Waals surface area (Å²) in [5, 5.41) is 1.50. The highest BCUT2D eigenvalue weighted by molar-refractivity contribution is 7.99. The molecule has 0 aliphatic rings. The second-order valence-electron chi connectivity index (χ2n) is 7.30. The minimum absolute atomic E-state index is 0.207. The van der Waals surface area contributed by atoms with Gasteiger partial charge in [0.05, 0.1) is 17.0 Å². The van der Waals surface area contributed by atoms with Crippen LogP contribution in [-0.2, 0) is 15.6 Å². The molecule has 4 nitrogen and oxygen atoms in total. The van der Waals surface area contributed by atoms with E-state index in [1.54, 1.807) is 24.3 Å². The average molecular weight is 484 g/mol. The van der Waals surface area contributed by atoms with Gasteiger partial charge in [-0.25, -0.2) is 8.42 Å². The number of halogens is 1. The predicted molar refractivity (Wildman–Crippen MR) is 131 cm³/mol. The van der Waals surface area contributed by atoms with Crippen LogP contribution in [0.1, 0.15) is 18.1 Å². The maximum absolute atomic E-state index is 13.6. The number of sulfone groups is 1. The smallest absolute Gasteiger partial charge is 0.209 e. The van der Waals surface area contributed by atoms with Crippen molar-refractivity contribution < 1.29 is 13.2 Å². The second kappa shape index (κ2) is 9.53. The number of hydrogen-bond acceptors (Lipinski definition) is 5. The van der Waals surface area contributed by atoms with E-state index in [4.69, 9.17) is 16.3 Å². The van der Waals surface area contributed by atoms with Crippen molar-refractivity contribution in [3.63, 3.8) is 0 Å². The van der Waals surface area contributed by atoms with E-state index in [0.29, 0.717) is 28.0 Å². The number of fused-ring (bicyclic) bond motifs is 1. The van der Waals surface area contributed by atoms with Crippen LogP contribution in [0, 0.1) is 6.92 Å². The van der Waals surface area contributed by atoms with E-state index >= 15 is 0 Å². The summed E-state index contributed by atoms with van der Waals surface area (Å²) >= 11 is 7.49. The summed E-state index contributed by atoms with van der Waals surface area (Å²) in [7, 11) is -3.78. The first kappa shape index (κ1) is 22.6. The third kappa shape index (κ3) is 4.77. The first-order chi connectivity index (χ1) is 15.4. The van der Waals surface area contributed by atoms with Crippen LogP contribution < -0.4 is 4.74 Å². The maximum atomic E-state index is 13.6. The van der Waals surface area contributed by atoms with Crippen molar-refractivity contribution >= 4 is 44.1 Å². The summed E-state index contributed by atoms with van der Waals surface area (Å²) in [6.45, 7) is 4.39. The van der Waals surface area contributed by atoms with Crippen LogP contribution in [-0.4, -0.2) is 20.0 Å². The number of thioether (sulfide) groups is 1. The van der Waals surface area contributed by atoms with Crippen molar-refractivity contribution in [2.75, 3.05) is 6.61 Å². The van der Waals surface area contributed by atoms with Gasteiger partial charge in [-0.05, 0) is 67.9 Å². The van der Waals surface area contributed by atoms with Crippen molar-refractivity contribution in [2.24, 2.45) is 0 Å². The summed E-state index contributed by atoms with van der Waals surface area (Å²) in [6, 6.07) is 20.0. The second-order valence-corrected chi connectivity index (χ2v) is 10.6. The molecule has 0 spiro atoms. The minimum Gasteiger partial charge on any atom is -0.494 e. The monoisotopic (exact) mass is 483 g/mol. The summed E-state index contributed by atoms with van der Waals surface area (Å²) in [5.74, 6) is 1.24. The highest BCUT2D eigenvalue weighted by Crippen LogP contribution is 2.38. The molecule has 164 valence electrons. The number of benzene rings is 3. The first-order valence-electron chi connectivity index (χ1n) is 10.1. The average Bonchev–Trinajstić information content (AvgIpc) is 2.79. The summed E-state index contributed by atoms with van der Waals surface area (Å²) in [4.78, 5) is 5.57. The molecule has 0 fully saturated rings. The van der Waals surface area contributed by atoms with Gasteiger partial charge in [0.1, 0.15) is 10.6 Å². The van der Waals surface area contributed by atoms with E-state index in [-0.39, 0.29) is 9.79 Å². The molecule has 0 aliphatic carbocycles. The van der Waals surface area contributed by atoms with Crippen LogP contribution >= 0.6 is 23.4 Å². The van der Waals surface area contributed by atoms with E-state index in [1.807, 2.05) is 56.3 Å². The van der Waals surface area contributed by atoms with Gasteiger partial charge >= 0.3 is 0 Å². The number of nitrogens with zero attached hydrogens (tertiary/aromatic N) is 1. The number of pyridine rings is 1. The molecule has 1 heterocycles. The van der Waals surface area contributed by atoms with Crippen LogP contribution in [0.2, 0.25) is 5.02 Å². The molecule has 0 unspecified atom stereocenters. The minimum atomic E-state index is -3.78. The van der Waals surface area contributed by atoms with Gasteiger partial charge in [0.25, 0.3) is 0 Å². The lowest BCUT2D eigenvalue weighted by molar-refractivity contribution is 0.340. The topological polar surface area (TPSA) is 56.3 Å². The summed E-state index contributed by atoms with van der Waals surface area (Å²) in [6.07, 6.45) is 1.47. The molecular weight excluding hydrogens is 462 g/mol. The molecule has 0 amide bonds. The van der Waals surface area contributed by atoms with Crippen LogP contribution in [0.5, 0.6) is 5.75 Å². The Kier molecular flexibility index (Phi) is 6.74. The van der Waals surface area contributed by atoms with Gasteiger partial charge in [0.2, 0.25) is 9.84 Å². The van der Waals surface area contributed by atoms with E-state index in [2.05, 4.69) is 4.98 Å². The fourth-order valence-electron chi connectivity index (χ4n) is 3.35. The van der Waals surface area contributed by atoms with Gasteiger partial charge in [0.15, 0.2) is 0 Å². The zero-order chi connectivity index (χ0) is 22.7. The van der Waals surface area contributed by atoms with Crippen molar-refractivity contribution in [3.05, 3.63) is 89.1 Å². The summed E-state index contributed by atoms with van der Waals surface area (Å²) < 4.78 is 32.6. The fraction of sp³-hybridized carbons (Fsp3) is 0.160. The molecule has 3 aromatic carbocycles. The quantitative estimate of drug-likeness (QED) is 0.273. The van der Waals surface area contributed by atoms with Gasteiger partial charge in [-0.3, -0.25) is 4.98 Å². The molecule has 0 bridgehead atoms. The molecule has 4 aromatic rings. The van der Waals surface area contributed by atoms with E-state index in [9.17, 15) is 8.42 Å². The highest BCUT2D eigenvalue weighted by Gasteiger charge is 2.24.